The Hall–Kier alpha value is -5.64. The third-order valence-electron chi connectivity index (χ3n) is 11.1. The number of thioether (sulfide) groups is 3. The van der Waals surface area contributed by atoms with E-state index in [9.17, 15) is 63.0 Å². The van der Waals surface area contributed by atoms with Gasteiger partial charge in [0.05, 0.1) is 13.0 Å². The Kier molecular flexibility index (Phi) is 31.9. The van der Waals surface area contributed by atoms with Crippen LogP contribution in [-0.4, -0.2) is 172 Å². The van der Waals surface area contributed by atoms with Crippen LogP contribution in [0.4, 0.5) is 0 Å². The molecule has 0 radical (unpaired) electrons. The molecule has 0 aromatic heterocycles. The molecule has 10 amide bonds. The summed E-state index contributed by atoms with van der Waals surface area (Å²) in [7, 11) is 0. The molecule has 0 aliphatic carbocycles. The van der Waals surface area contributed by atoms with Crippen LogP contribution in [0, 0.1) is 11.8 Å². The molecule has 0 unspecified atom stereocenters. The van der Waals surface area contributed by atoms with Gasteiger partial charge in [-0.25, -0.2) is 4.79 Å². The summed E-state index contributed by atoms with van der Waals surface area (Å²) in [6.45, 7) is 6.05. The average Bonchev–Trinajstić information content (AvgIpc) is 3.34. The molecule has 0 heterocycles. The third kappa shape index (κ3) is 25.5. The van der Waals surface area contributed by atoms with Crippen LogP contribution in [0.3, 0.4) is 0 Å². The maximum absolute atomic E-state index is 14.3. The van der Waals surface area contributed by atoms with Gasteiger partial charge in [0.15, 0.2) is 0 Å². The molecule has 0 aliphatic rings. The summed E-state index contributed by atoms with van der Waals surface area (Å²) in [4.78, 5) is 146. The van der Waals surface area contributed by atoms with Crippen LogP contribution >= 0.6 is 35.3 Å². The number of rotatable bonds is 37. The molecule has 416 valence electrons. The molecule has 16 N–H and O–H groups in total. The first kappa shape index (κ1) is 66.4. The lowest BCUT2D eigenvalue weighted by Crippen LogP contribution is -2.61. The summed E-state index contributed by atoms with van der Waals surface area (Å²) in [6, 6.07) is -3.90. The van der Waals surface area contributed by atoms with Gasteiger partial charge < -0.3 is 69.9 Å². The highest BCUT2D eigenvalue weighted by Crippen LogP contribution is 2.13. The van der Waals surface area contributed by atoms with Gasteiger partial charge in [-0.05, 0) is 85.5 Å². The van der Waals surface area contributed by atoms with E-state index < -0.39 is 145 Å². The number of carbonyl (C=O) groups excluding carboxylic acids is 10. The Morgan fingerprint density at radius 3 is 1.31 bits per heavy atom. The fourth-order valence-corrected chi connectivity index (χ4v) is 8.42. The van der Waals surface area contributed by atoms with Crippen LogP contribution < -0.4 is 59.7 Å². The summed E-state index contributed by atoms with van der Waals surface area (Å²) < 4.78 is 0. The van der Waals surface area contributed by atoms with Crippen LogP contribution in [0.5, 0.6) is 0 Å². The Morgan fingerprint density at radius 1 is 0.514 bits per heavy atom. The standard InChI is InChI=1S/C47H77N11O13S3/c1-25(2)21-35(47(70)71)57-40(63)29(13-14-36(49)60)52-45(68)34(23-37(50)61)55-44(67)33(22-27-11-9-8-10-12-27)56-46(69)38(26(3)4)58-43(66)32(17-20-74-7)54-42(65)31(16-19-73-6)53-41(64)30(15-18-72-5)51-39(62)28(48)24-59/h8-12,25-26,28-35,38,59H,13-24,48H2,1-7H3,(H2,49,60)(H2,50,61)(H,51,62)(H,52,68)(H,53,64)(H,54,65)(H,55,67)(H,56,69)(H,57,63)(H,58,66)(H,70,71)/t28-,29-,30-,31-,32-,33-,34-,35-,38-/m0/s1. The summed E-state index contributed by atoms with van der Waals surface area (Å²) in [6.07, 6.45) is 4.04. The Morgan fingerprint density at radius 2 is 0.905 bits per heavy atom. The van der Waals surface area contributed by atoms with E-state index in [0.717, 1.165) is 0 Å². The van der Waals surface area contributed by atoms with Gasteiger partial charge in [0.25, 0.3) is 0 Å². The summed E-state index contributed by atoms with van der Waals surface area (Å²) in [5, 5.41) is 39.5. The molecule has 24 nitrogen and oxygen atoms in total. The zero-order valence-electron chi connectivity index (χ0n) is 43.1. The molecule has 0 saturated heterocycles. The predicted molar refractivity (Wildman–Crippen MR) is 284 cm³/mol. The number of aliphatic hydroxyl groups is 1. The lowest BCUT2D eigenvalue weighted by Gasteiger charge is -2.29. The van der Waals surface area contributed by atoms with Gasteiger partial charge in [-0.15, -0.1) is 0 Å². The molecule has 0 bridgehead atoms. The first-order valence-electron chi connectivity index (χ1n) is 24.0. The fourth-order valence-electron chi connectivity index (χ4n) is 7.00. The van der Waals surface area contributed by atoms with Gasteiger partial charge >= 0.3 is 5.97 Å². The molecule has 74 heavy (non-hydrogen) atoms. The highest BCUT2D eigenvalue weighted by atomic mass is 32.2. The molecule has 0 fully saturated rings. The maximum Gasteiger partial charge on any atom is 0.326 e. The zero-order valence-corrected chi connectivity index (χ0v) is 45.5. The zero-order chi connectivity index (χ0) is 56.1. The maximum atomic E-state index is 14.3. The molecule has 0 saturated carbocycles. The molecular formula is C47H77N11O13S3. The first-order chi connectivity index (χ1) is 34.9. The molecule has 1 rings (SSSR count). The minimum Gasteiger partial charge on any atom is -0.480 e. The van der Waals surface area contributed by atoms with Crippen molar-refractivity contribution >= 4 is 100 Å². The smallest absolute Gasteiger partial charge is 0.326 e. The van der Waals surface area contributed by atoms with Gasteiger partial charge in [0.1, 0.15) is 54.4 Å². The quantitative estimate of drug-likeness (QED) is 0.0331. The van der Waals surface area contributed by atoms with Crippen molar-refractivity contribution in [1.29, 1.82) is 0 Å². The Balaban J connectivity index is 3.53. The second kappa shape index (κ2) is 35.5. The molecule has 27 heteroatoms. The average molecular weight is 1100 g/mol. The molecule has 9 atom stereocenters. The van der Waals surface area contributed by atoms with Crippen molar-refractivity contribution in [3.8, 4) is 0 Å². The van der Waals surface area contributed by atoms with E-state index in [4.69, 9.17) is 17.2 Å². The van der Waals surface area contributed by atoms with Crippen LogP contribution in [-0.2, 0) is 59.2 Å². The Labute approximate surface area is 445 Å². The lowest BCUT2D eigenvalue weighted by atomic mass is 10.00. The number of benzene rings is 1. The second-order valence-electron chi connectivity index (χ2n) is 18.1. The van der Waals surface area contributed by atoms with Crippen molar-refractivity contribution in [3.05, 3.63) is 35.9 Å². The number of hydrogen-bond donors (Lipinski definition) is 13. The Bertz CT molecular complexity index is 2040. The van der Waals surface area contributed by atoms with Gasteiger partial charge in [0.2, 0.25) is 59.1 Å². The van der Waals surface area contributed by atoms with Crippen molar-refractivity contribution in [2.24, 2.45) is 29.0 Å². The summed E-state index contributed by atoms with van der Waals surface area (Å²) in [5.74, 6) is -9.66. The molecular weight excluding hydrogens is 1020 g/mol. The van der Waals surface area contributed by atoms with Crippen molar-refractivity contribution in [2.45, 2.75) is 133 Å². The number of nitrogens with two attached hydrogens (primary N) is 3. The monoisotopic (exact) mass is 1100 g/mol. The SMILES string of the molecule is CSCC[C@H](NC(=O)[C@H](CCSC)NC(=O)[C@@H](N)CO)C(=O)N[C@@H](CCSC)C(=O)N[C@H](C(=O)N[C@@H](Cc1ccccc1)C(=O)N[C@@H](CC(N)=O)C(=O)N[C@@H](CCC(N)=O)C(=O)N[C@@H](CC(C)C)C(=O)O)C(C)C. The number of primary amides is 2. The first-order valence-corrected chi connectivity index (χ1v) is 28.2. The van der Waals surface area contributed by atoms with E-state index in [1.54, 1.807) is 70.5 Å². The van der Waals surface area contributed by atoms with E-state index in [1.165, 1.54) is 35.3 Å². The van der Waals surface area contributed by atoms with E-state index in [2.05, 4.69) is 42.5 Å². The van der Waals surface area contributed by atoms with Crippen LogP contribution in [0.15, 0.2) is 30.3 Å². The van der Waals surface area contributed by atoms with Crippen molar-refractivity contribution in [2.75, 3.05) is 42.6 Å². The highest BCUT2D eigenvalue weighted by Gasteiger charge is 2.36. The van der Waals surface area contributed by atoms with Gasteiger partial charge in [-0.3, -0.25) is 47.9 Å². The minimum absolute atomic E-state index is 0.0245. The summed E-state index contributed by atoms with van der Waals surface area (Å²) in [5.41, 5.74) is 17.0. The number of amides is 10. The number of carboxylic acids is 1. The normalized spacial score (nSPS) is 14.8. The van der Waals surface area contributed by atoms with E-state index >= 15 is 0 Å². The topological polar surface area (TPSA) is 403 Å². The number of nitrogens with one attached hydrogen (secondary N) is 8. The number of aliphatic hydroxyl groups excluding tert-OH is 1. The second-order valence-corrected chi connectivity index (χ2v) is 21.1. The predicted octanol–water partition coefficient (Wildman–Crippen LogP) is -2.39. The van der Waals surface area contributed by atoms with Crippen molar-refractivity contribution in [1.82, 2.24) is 42.5 Å². The van der Waals surface area contributed by atoms with Crippen LogP contribution in [0.1, 0.15) is 78.2 Å². The summed E-state index contributed by atoms with van der Waals surface area (Å²) >= 11 is 4.20. The van der Waals surface area contributed by atoms with Gasteiger partial charge in [0, 0.05) is 12.8 Å². The number of aliphatic carboxylic acids is 1. The van der Waals surface area contributed by atoms with Crippen LogP contribution in [0.25, 0.3) is 0 Å². The minimum atomic E-state index is -1.76. The fraction of sp³-hybridized carbons (Fsp3) is 0.638. The largest absolute Gasteiger partial charge is 0.480 e. The molecule has 1 aromatic carbocycles. The molecule has 0 aliphatic heterocycles. The van der Waals surface area contributed by atoms with E-state index in [-0.39, 0.29) is 44.4 Å². The number of carbonyl (C=O) groups is 11. The van der Waals surface area contributed by atoms with Crippen molar-refractivity contribution < 1.29 is 63.0 Å². The van der Waals surface area contributed by atoms with E-state index in [1.807, 2.05) is 6.26 Å². The highest BCUT2D eigenvalue weighted by molar-refractivity contribution is 7.98. The number of carboxylic acid groups (broad SMARTS) is 1. The molecule has 1 aromatic rings. The van der Waals surface area contributed by atoms with Crippen molar-refractivity contribution in [3.63, 3.8) is 0 Å². The van der Waals surface area contributed by atoms with E-state index in [0.29, 0.717) is 22.8 Å². The van der Waals surface area contributed by atoms with Gasteiger partial charge in [-0.1, -0.05) is 58.0 Å². The molecule has 0 spiro atoms. The van der Waals surface area contributed by atoms with Gasteiger partial charge in [-0.2, -0.15) is 35.3 Å². The van der Waals surface area contributed by atoms with Crippen LogP contribution in [0.2, 0.25) is 0 Å². The number of hydrogen-bond acceptors (Lipinski definition) is 16. The third-order valence-corrected chi connectivity index (χ3v) is 13.0. The lowest BCUT2D eigenvalue weighted by molar-refractivity contribution is -0.143.